The Morgan fingerprint density at radius 3 is 2.31 bits per heavy atom. The second-order valence-electron chi connectivity index (χ2n) is 7.59. The lowest BCUT2D eigenvalue weighted by atomic mass is 10.1. The molecule has 0 aromatic heterocycles. The summed E-state index contributed by atoms with van der Waals surface area (Å²) in [6.45, 7) is 0.173. The van der Waals surface area contributed by atoms with E-state index in [9.17, 15) is 14.4 Å². The van der Waals surface area contributed by atoms with E-state index in [1.54, 1.807) is 60.7 Å². The maximum absolute atomic E-state index is 13.1. The number of rotatable bonds is 7. The number of anilines is 1. The number of hydrogen-bond acceptors (Lipinski definition) is 6. The predicted octanol–water partition coefficient (Wildman–Crippen LogP) is 5.26. The first kappa shape index (κ1) is 25.1. The highest BCUT2D eigenvalue weighted by molar-refractivity contribution is 6.39. The minimum absolute atomic E-state index is 0.173. The fourth-order valence-corrected chi connectivity index (χ4v) is 3.94. The molecule has 4 rings (SSSR count). The van der Waals surface area contributed by atoms with Crippen molar-refractivity contribution in [2.45, 2.75) is 6.61 Å². The third-order valence-electron chi connectivity index (χ3n) is 5.33. The lowest BCUT2D eigenvalue weighted by molar-refractivity contribution is -0.122. The SMILES string of the molecule is COc1ccc(N2C(=O)NC(=O)/C(=C/c3ccc(OCc4ccc(Cl)cc4Cl)c(OC)c3)C2=O)cc1. The quantitative estimate of drug-likeness (QED) is 0.333. The van der Waals surface area contributed by atoms with Crippen LogP contribution >= 0.6 is 23.2 Å². The molecular formula is C26H20Cl2N2O6. The number of nitrogens with zero attached hydrogens (tertiary/aromatic N) is 1. The molecule has 10 heteroatoms. The van der Waals surface area contributed by atoms with Crippen molar-refractivity contribution < 1.29 is 28.6 Å². The first-order valence-corrected chi connectivity index (χ1v) is 11.4. The van der Waals surface area contributed by atoms with Crippen LogP contribution in [-0.4, -0.2) is 32.1 Å². The number of nitrogens with one attached hydrogen (secondary N) is 1. The lowest BCUT2D eigenvalue weighted by Gasteiger charge is -2.26. The predicted molar refractivity (Wildman–Crippen MR) is 136 cm³/mol. The van der Waals surface area contributed by atoms with Crippen LogP contribution < -0.4 is 24.4 Å². The van der Waals surface area contributed by atoms with Gasteiger partial charge < -0.3 is 14.2 Å². The highest BCUT2D eigenvalue weighted by atomic mass is 35.5. The van der Waals surface area contributed by atoms with Crippen LogP contribution in [0.4, 0.5) is 10.5 Å². The zero-order valence-electron chi connectivity index (χ0n) is 19.2. The summed E-state index contributed by atoms with van der Waals surface area (Å²) in [5, 5.41) is 3.19. The van der Waals surface area contributed by atoms with Gasteiger partial charge in [0.15, 0.2) is 11.5 Å². The molecule has 3 aromatic rings. The van der Waals surface area contributed by atoms with Gasteiger partial charge in [-0.1, -0.05) is 35.3 Å². The van der Waals surface area contributed by atoms with Crippen LogP contribution in [0.1, 0.15) is 11.1 Å². The van der Waals surface area contributed by atoms with Gasteiger partial charge in [0, 0.05) is 15.6 Å². The molecule has 1 aliphatic rings. The largest absolute Gasteiger partial charge is 0.497 e. The van der Waals surface area contributed by atoms with Crippen molar-refractivity contribution in [1.29, 1.82) is 0 Å². The molecule has 0 radical (unpaired) electrons. The van der Waals surface area contributed by atoms with Gasteiger partial charge in [-0.2, -0.15) is 0 Å². The highest BCUT2D eigenvalue weighted by Crippen LogP contribution is 2.32. The normalized spacial score (nSPS) is 14.6. The maximum Gasteiger partial charge on any atom is 0.335 e. The summed E-state index contributed by atoms with van der Waals surface area (Å²) in [5.41, 5.74) is 1.31. The van der Waals surface area contributed by atoms with Gasteiger partial charge in [-0.05, 0) is 60.2 Å². The third-order valence-corrected chi connectivity index (χ3v) is 5.92. The van der Waals surface area contributed by atoms with Crippen LogP contribution in [0.2, 0.25) is 10.0 Å². The number of imide groups is 2. The Morgan fingerprint density at radius 1 is 0.889 bits per heavy atom. The second-order valence-corrected chi connectivity index (χ2v) is 8.43. The van der Waals surface area contributed by atoms with Crippen molar-refractivity contribution in [3.05, 3.63) is 87.4 Å². The number of benzene rings is 3. The van der Waals surface area contributed by atoms with Gasteiger partial charge in [-0.3, -0.25) is 14.9 Å². The summed E-state index contributed by atoms with van der Waals surface area (Å²) >= 11 is 12.1. The number of urea groups is 1. The van der Waals surface area contributed by atoms with E-state index in [2.05, 4.69) is 5.32 Å². The number of hydrogen-bond donors (Lipinski definition) is 1. The topological polar surface area (TPSA) is 94.2 Å². The summed E-state index contributed by atoms with van der Waals surface area (Å²) in [5.74, 6) is -0.193. The molecule has 1 fully saturated rings. The molecule has 8 nitrogen and oxygen atoms in total. The molecule has 1 heterocycles. The Kier molecular flexibility index (Phi) is 7.47. The Bertz CT molecular complexity index is 1370. The minimum Gasteiger partial charge on any atom is -0.497 e. The third kappa shape index (κ3) is 5.30. The first-order chi connectivity index (χ1) is 17.3. The van der Waals surface area contributed by atoms with Gasteiger partial charge in [0.2, 0.25) is 0 Å². The molecule has 0 saturated carbocycles. The summed E-state index contributed by atoms with van der Waals surface area (Å²) in [4.78, 5) is 38.9. The maximum atomic E-state index is 13.1. The van der Waals surface area contributed by atoms with Gasteiger partial charge in [0.1, 0.15) is 17.9 Å². The van der Waals surface area contributed by atoms with Gasteiger partial charge in [0.25, 0.3) is 11.8 Å². The fourth-order valence-electron chi connectivity index (χ4n) is 3.48. The zero-order chi connectivity index (χ0) is 25.8. The van der Waals surface area contributed by atoms with Gasteiger partial charge in [0.05, 0.1) is 19.9 Å². The van der Waals surface area contributed by atoms with E-state index < -0.39 is 17.8 Å². The van der Waals surface area contributed by atoms with Crippen molar-refractivity contribution in [2.75, 3.05) is 19.1 Å². The number of amides is 4. The van der Waals surface area contributed by atoms with E-state index >= 15 is 0 Å². The first-order valence-electron chi connectivity index (χ1n) is 10.6. The molecule has 0 aliphatic carbocycles. The van der Waals surface area contributed by atoms with E-state index in [1.165, 1.54) is 20.3 Å². The van der Waals surface area contributed by atoms with E-state index in [0.29, 0.717) is 38.5 Å². The summed E-state index contributed by atoms with van der Waals surface area (Å²) < 4.78 is 16.4. The van der Waals surface area contributed by atoms with Crippen LogP contribution in [0, 0.1) is 0 Å². The monoisotopic (exact) mass is 526 g/mol. The molecule has 3 aromatic carbocycles. The van der Waals surface area contributed by atoms with E-state index in [4.69, 9.17) is 37.4 Å². The molecule has 1 aliphatic heterocycles. The average Bonchev–Trinajstić information content (AvgIpc) is 2.86. The molecule has 184 valence electrons. The average molecular weight is 527 g/mol. The minimum atomic E-state index is -0.838. The van der Waals surface area contributed by atoms with Crippen LogP contribution in [0.25, 0.3) is 6.08 Å². The molecule has 1 saturated heterocycles. The number of carbonyl (C=O) groups excluding carboxylic acids is 3. The van der Waals surface area contributed by atoms with E-state index in [0.717, 1.165) is 10.5 Å². The number of carbonyl (C=O) groups is 3. The summed E-state index contributed by atoms with van der Waals surface area (Å²) in [6, 6.07) is 15.5. The van der Waals surface area contributed by atoms with Crippen molar-refractivity contribution in [1.82, 2.24) is 5.32 Å². The Balaban J connectivity index is 1.58. The zero-order valence-corrected chi connectivity index (χ0v) is 20.7. The van der Waals surface area contributed by atoms with Crippen LogP contribution in [0.3, 0.4) is 0 Å². The fraction of sp³-hybridized carbons (Fsp3) is 0.115. The van der Waals surface area contributed by atoms with Crippen LogP contribution in [-0.2, 0) is 16.2 Å². The molecule has 4 amide bonds. The van der Waals surface area contributed by atoms with E-state index in [-0.39, 0.29) is 12.2 Å². The standard InChI is InChI=1S/C26H20Cl2N2O6/c1-34-19-8-6-18(7-9-19)30-25(32)20(24(31)29-26(30)33)11-15-3-10-22(23(12-15)35-2)36-14-16-4-5-17(27)13-21(16)28/h3-13H,14H2,1-2H3,(H,29,31,33)/b20-11-. The smallest absolute Gasteiger partial charge is 0.335 e. The number of ether oxygens (including phenoxy) is 3. The summed E-state index contributed by atoms with van der Waals surface area (Å²) in [6.07, 6.45) is 1.38. The van der Waals surface area contributed by atoms with Crippen molar-refractivity contribution in [2.24, 2.45) is 0 Å². The molecule has 0 unspecified atom stereocenters. The molecule has 1 N–H and O–H groups in total. The Morgan fingerprint density at radius 2 is 1.64 bits per heavy atom. The highest BCUT2D eigenvalue weighted by Gasteiger charge is 2.36. The van der Waals surface area contributed by atoms with E-state index in [1.807, 2.05) is 0 Å². The van der Waals surface area contributed by atoms with Crippen molar-refractivity contribution >= 4 is 52.8 Å². The second kappa shape index (κ2) is 10.7. The van der Waals surface area contributed by atoms with Crippen molar-refractivity contribution in [3.63, 3.8) is 0 Å². The molecule has 36 heavy (non-hydrogen) atoms. The molecule has 0 atom stereocenters. The summed E-state index contributed by atoms with van der Waals surface area (Å²) in [7, 11) is 2.97. The van der Waals surface area contributed by atoms with Crippen LogP contribution in [0.15, 0.2) is 66.2 Å². The van der Waals surface area contributed by atoms with Crippen LogP contribution in [0.5, 0.6) is 17.2 Å². The number of halogens is 2. The Hall–Kier alpha value is -4.01. The van der Waals surface area contributed by atoms with Gasteiger partial charge in [-0.15, -0.1) is 0 Å². The number of methoxy groups -OCH3 is 2. The lowest BCUT2D eigenvalue weighted by Crippen LogP contribution is -2.54. The molecule has 0 bridgehead atoms. The molecular weight excluding hydrogens is 507 g/mol. The van der Waals surface area contributed by atoms with Gasteiger partial charge in [-0.25, -0.2) is 9.69 Å². The van der Waals surface area contributed by atoms with Gasteiger partial charge >= 0.3 is 6.03 Å². The van der Waals surface area contributed by atoms with Crippen molar-refractivity contribution in [3.8, 4) is 17.2 Å². The Labute approximate surface area is 217 Å². The number of barbiturate groups is 1. The molecule has 0 spiro atoms.